The van der Waals surface area contributed by atoms with E-state index >= 15 is 0 Å². The van der Waals surface area contributed by atoms with E-state index in [0.29, 0.717) is 50.4 Å². The molecule has 0 aliphatic carbocycles. The summed E-state index contributed by atoms with van der Waals surface area (Å²) in [6.07, 6.45) is -3.06. The molecule has 45 heavy (non-hydrogen) atoms. The zero-order valence-corrected chi connectivity index (χ0v) is 25.4. The summed E-state index contributed by atoms with van der Waals surface area (Å²) in [5.74, 6) is -0.478. The Morgan fingerprint density at radius 2 is 1.80 bits per heavy atom. The normalized spacial score (nSPS) is 15.7. The van der Waals surface area contributed by atoms with Crippen LogP contribution in [0, 0.1) is 6.92 Å². The lowest BCUT2D eigenvalue weighted by Gasteiger charge is -2.36. The monoisotopic (exact) mass is 650 g/mol. The number of nitrogens with one attached hydrogen (secondary N) is 1. The highest BCUT2D eigenvalue weighted by molar-refractivity contribution is 6.31. The Morgan fingerprint density at radius 1 is 1.09 bits per heavy atom. The second-order valence-corrected chi connectivity index (χ2v) is 11.0. The van der Waals surface area contributed by atoms with Gasteiger partial charge in [0.15, 0.2) is 5.82 Å². The molecule has 5 rings (SSSR count). The van der Waals surface area contributed by atoms with E-state index in [1.807, 2.05) is 4.90 Å². The molecule has 3 aromatic rings. The van der Waals surface area contributed by atoms with E-state index in [2.05, 4.69) is 15.4 Å². The van der Waals surface area contributed by atoms with Crippen molar-refractivity contribution in [2.24, 2.45) is 0 Å². The summed E-state index contributed by atoms with van der Waals surface area (Å²) in [5, 5.41) is 6.44. The molecule has 1 aromatic carbocycles. The Morgan fingerprint density at radius 3 is 2.40 bits per heavy atom. The van der Waals surface area contributed by atoms with Crippen LogP contribution in [-0.4, -0.2) is 93.3 Å². The maximum Gasteiger partial charge on any atom is 0.417 e. The molecule has 1 N–H and O–H groups in total. The number of aromatic nitrogens is 4. The third-order valence-corrected chi connectivity index (χ3v) is 8.13. The van der Waals surface area contributed by atoms with Crippen LogP contribution in [-0.2, 0) is 27.0 Å². The fourth-order valence-corrected chi connectivity index (χ4v) is 5.64. The first kappa shape index (κ1) is 31.8. The summed E-state index contributed by atoms with van der Waals surface area (Å²) >= 11 is 5.72. The van der Waals surface area contributed by atoms with E-state index in [-0.39, 0.29) is 35.4 Å². The van der Waals surface area contributed by atoms with Crippen LogP contribution in [0.4, 0.5) is 29.3 Å². The third kappa shape index (κ3) is 6.45. The van der Waals surface area contributed by atoms with Gasteiger partial charge in [-0.1, -0.05) is 17.7 Å². The molecule has 0 radical (unpaired) electrons. The molecule has 1 saturated heterocycles. The Balaban J connectivity index is 1.53. The topological polar surface area (TPSA) is 134 Å². The smallest absolute Gasteiger partial charge is 0.417 e. The van der Waals surface area contributed by atoms with Gasteiger partial charge in [-0.15, -0.1) is 5.10 Å². The summed E-state index contributed by atoms with van der Waals surface area (Å²) in [4.78, 5) is 60.4. The molecule has 17 heteroatoms. The second kappa shape index (κ2) is 12.4. The van der Waals surface area contributed by atoms with Gasteiger partial charge in [0.2, 0.25) is 17.6 Å². The molecule has 0 bridgehead atoms. The molecule has 0 saturated carbocycles. The van der Waals surface area contributed by atoms with Crippen molar-refractivity contribution in [1.29, 1.82) is 0 Å². The molecule has 13 nitrogen and oxygen atoms in total. The number of amides is 3. The predicted octanol–water partition coefficient (Wildman–Crippen LogP) is 3.03. The summed E-state index contributed by atoms with van der Waals surface area (Å²) in [7, 11) is 1.29. The van der Waals surface area contributed by atoms with Crippen molar-refractivity contribution in [1.82, 2.24) is 29.0 Å². The van der Waals surface area contributed by atoms with Gasteiger partial charge >= 0.3 is 12.3 Å². The van der Waals surface area contributed by atoms with Gasteiger partial charge < -0.3 is 29.3 Å². The van der Waals surface area contributed by atoms with Crippen LogP contribution in [0.25, 0.3) is 11.4 Å². The first-order valence-corrected chi connectivity index (χ1v) is 14.4. The van der Waals surface area contributed by atoms with Gasteiger partial charge in [-0.05, 0) is 37.1 Å². The number of alkyl halides is 3. The summed E-state index contributed by atoms with van der Waals surface area (Å²) in [6.45, 7) is 4.78. The lowest BCUT2D eigenvalue weighted by Crippen LogP contribution is -2.50. The zero-order chi connectivity index (χ0) is 32.6. The fraction of sp³-hybridized carbons (Fsp3) is 0.429. The molecule has 0 spiro atoms. The number of carbonyl (C=O) groups is 3. The average Bonchev–Trinajstić information content (AvgIpc) is 3.45. The SMILES string of the molecule is COC(=O)N1CC=C(c2nc3n(CC(=O)Nc4ccc(Cl)c(C(F)(F)F)c4)c(C)c(N4CCN(C(C)=O)CC4)c(=O)n3n2)CC1. The minimum absolute atomic E-state index is 0.0529. The van der Waals surface area contributed by atoms with Crippen LogP contribution in [0.15, 0.2) is 29.1 Å². The number of rotatable bonds is 5. The molecule has 0 unspecified atom stereocenters. The molecule has 2 aliphatic rings. The van der Waals surface area contributed by atoms with Crippen molar-refractivity contribution in [2.45, 2.75) is 33.0 Å². The standard InChI is InChI=1S/C28H30ClF3N8O5/c1-16-23(37-12-10-36(11-13-37)17(2)41)25(43)40-26(34-24(35-40)18-6-8-38(9-7-18)27(44)45-3)39(16)15-22(42)33-19-4-5-21(29)20(14-19)28(30,31)32/h4-6,14H,7-13,15H2,1-3H3,(H,33,42). The Labute approximate surface area is 259 Å². The maximum absolute atomic E-state index is 13.8. The number of hydrogen-bond donors (Lipinski definition) is 1. The lowest BCUT2D eigenvalue weighted by molar-refractivity contribution is -0.137. The van der Waals surface area contributed by atoms with Gasteiger partial charge in [0.05, 0.1) is 17.7 Å². The minimum atomic E-state index is -4.72. The van der Waals surface area contributed by atoms with Gasteiger partial charge in [-0.25, -0.2) is 4.79 Å². The van der Waals surface area contributed by atoms with E-state index in [9.17, 15) is 32.3 Å². The summed E-state index contributed by atoms with van der Waals surface area (Å²) in [6, 6.07) is 3.05. The number of hydrogen-bond acceptors (Lipinski definition) is 8. The third-order valence-electron chi connectivity index (χ3n) is 7.80. The van der Waals surface area contributed by atoms with Crippen LogP contribution in [0.2, 0.25) is 5.02 Å². The summed E-state index contributed by atoms with van der Waals surface area (Å²) < 4.78 is 47.5. The summed E-state index contributed by atoms with van der Waals surface area (Å²) in [5.41, 5.74) is -0.352. The van der Waals surface area contributed by atoms with Crippen molar-refractivity contribution < 1.29 is 32.3 Å². The van der Waals surface area contributed by atoms with Crippen molar-refractivity contribution in [3.05, 3.63) is 56.7 Å². The molecule has 0 atom stereocenters. The molecule has 3 amide bonds. The Bertz CT molecular complexity index is 1760. The average molecular weight is 651 g/mol. The van der Waals surface area contributed by atoms with E-state index in [0.717, 1.165) is 16.6 Å². The number of piperazine rings is 1. The number of ether oxygens (including phenoxy) is 1. The number of benzene rings is 1. The minimum Gasteiger partial charge on any atom is -0.453 e. The number of fused-ring (bicyclic) bond motifs is 1. The number of carbonyl (C=O) groups excluding carboxylic acids is 3. The van der Waals surface area contributed by atoms with Crippen LogP contribution >= 0.6 is 11.6 Å². The Hall–Kier alpha value is -4.60. The van der Waals surface area contributed by atoms with Gasteiger partial charge in [-0.3, -0.25) is 14.4 Å². The van der Waals surface area contributed by atoms with E-state index < -0.39 is 40.9 Å². The largest absolute Gasteiger partial charge is 0.453 e. The molecular weight excluding hydrogens is 621 g/mol. The van der Waals surface area contributed by atoms with Gasteiger partial charge in [0.25, 0.3) is 5.56 Å². The van der Waals surface area contributed by atoms with E-state index in [1.54, 1.807) is 17.9 Å². The Kier molecular flexibility index (Phi) is 8.78. The van der Waals surface area contributed by atoms with Crippen molar-refractivity contribution >= 4 is 52.2 Å². The molecule has 240 valence electrons. The molecule has 2 aromatic heterocycles. The van der Waals surface area contributed by atoms with E-state index in [1.165, 1.54) is 29.6 Å². The van der Waals surface area contributed by atoms with Crippen LogP contribution in [0.5, 0.6) is 0 Å². The second-order valence-electron chi connectivity index (χ2n) is 10.6. The van der Waals surface area contributed by atoms with Crippen LogP contribution < -0.4 is 15.8 Å². The van der Waals surface area contributed by atoms with E-state index in [4.69, 9.17) is 16.3 Å². The predicted molar refractivity (Wildman–Crippen MR) is 158 cm³/mol. The van der Waals surface area contributed by atoms with Crippen LogP contribution in [0.3, 0.4) is 0 Å². The molecule has 2 aliphatic heterocycles. The van der Waals surface area contributed by atoms with Gasteiger partial charge in [0, 0.05) is 57.6 Å². The molecule has 1 fully saturated rings. The zero-order valence-electron chi connectivity index (χ0n) is 24.6. The first-order valence-electron chi connectivity index (χ1n) is 14.0. The highest BCUT2D eigenvalue weighted by Crippen LogP contribution is 2.36. The number of methoxy groups -OCH3 is 1. The van der Waals surface area contributed by atoms with Crippen molar-refractivity contribution in [3.8, 4) is 0 Å². The highest BCUT2D eigenvalue weighted by atomic mass is 35.5. The first-order chi connectivity index (χ1) is 21.3. The molecular formula is C28H30ClF3N8O5. The number of nitrogens with zero attached hydrogens (tertiary/aromatic N) is 7. The number of halogens is 4. The quantitative estimate of drug-likeness (QED) is 0.446. The van der Waals surface area contributed by atoms with Gasteiger partial charge in [0.1, 0.15) is 12.2 Å². The fourth-order valence-electron chi connectivity index (χ4n) is 5.41. The highest BCUT2D eigenvalue weighted by Gasteiger charge is 2.34. The van der Waals surface area contributed by atoms with Crippen LogP contribution in [0.1, 0.15) is 30.4 Å². The van der Waals surface area contributed by atoms with Crippen molar-refractivity contribution in [3.63, 3.8) is 0 Å². The number of anilines is 2. The van der Waals surface area contributed by atoms with Gasteiger partial charge in [-0.2, -0.15) is 22.7 Å². The molecule has 4 heterocycles. The lowest BCUT2D eigenvalue weighted by atomic mass is 10.1. The van der Waals surface area contributed by atoms with Crippen molar-refractivity contribution in [2.75, 3.05) is 56.6 Å². The maximum atomic E-state index is 13.8.